The van der Waals surface area contributed by atoms with Gasteiger partial charge in [0.05, 0.1) is 23.6 Å². The number of ether oxygens (including phenoxy) is 1. The first kappa shape index (κ1) is 39.2. The second-order valence-electron chi connectivity index (χ2n) is 14.1. The summed E-state index contributed by atoms with van der Waals surface area (Å²) in [7, 11) is 0. The summed E-state index contributed by atoms with van der Waals surface area (Å²) >= 11 is 0. The maximum atomic E-state index is 14.4. The molecule has 0 aliphatic carbocycles. The van der Waals surface area contributed by atoms with Crippen molar-refractivity contribution in [1.29, 1.82) is 0 Å². The Labute approximate surface area is 325 Å². The first-order chi connectivity index (χ1) is 27.2. The number of aryl methyl sites for hydroxylation is 1. The molecule has 11 heteroatoms. The zero-order valence-electron chi connectivity index (χ0n) is 30.9. The first-order valence-corrected chi connectivity index (χ1v) is 18.7. The van der Waals surface area contributed by atoms with E-state index in [1.54, 1.807) is 54.9 Å². The van der Waals surface area contributed by atoms with E-state index in [1.807, 2.05) is 72.8 Å². The number of ketones is 2. The van der Waals surface area contributed by atoms with Crippen molar-refractivity contribution in [3.8, 4) is 17.0 Å². The summed E-state index contributed by atoms with van der Waals surface area (Å²) in [6.45, 7) is -0.298. The molecule has 286 valence electrons. The van der Waals surface area contributed by atoms with Crippen LogP contribution >= 0.6 is 0 Å². The van der Waals surface area contributed by atoms with Crippen LogP contribution in [0.4, 0.5) is 0 Å². The molecule has 5 aromatic rings. The molecule has 4 heterocycles. The molecule has 0 fully saturated rings. The number of nitrogens with zero attached hydrogens (tertiary/aromatic N) is 2. The number of pyridine rings is 2. The van der Waals surface area contributed by atoms with E-state index in [4.69, 9.17) is 4.74 Å². The molecule has 3 aromatic carbocycles. The van der Waals surface area contributed by atoms with Crippen molar-refractivity contribution in [2.24, 2.45) is 11.8 Å². The summed E-state index contributed by atoms with van der Waals surface area (Å²) in [6, 6.07) is 32.4. The van der Waals surface area contributed by atoms with E-state index in [9.17, 15) is 29.1 Å². The molecule has 2 aromatic heterocycles. The molecule has 7 rings (SSSR count). The Hall–Kier alpha value is -6.49. The van der Waals surface area contributed by atoms with Gasteiger partial charge in [-0.3, -0.25) is 33.9 Å². The molecule has 0 unspecified atom stereocenters. The van der Waals surface area contributed by atoms with Gasteiger partial charge in [0.25, 0.3) is 0 Å². The molecular formula is C45H44N4O7. The standard InChI is InChI=1S/C45H44N4O7/c50-37-27-34(26-36-10-4-6-22-46-36)43(52)49-41(25-32-12-17-33(18-13-32)39-11-5-7-23-47-39)44(53)48-40(21-16-30-8-2-1-3-9-30)42(51)28-35(45(54)55)24-31-14-19-38(20-15-31)56-29-37/h1-15,17-20,22-23,34-35,40-41H,16,21,24-29H2,(H,48,53)(H,49,52)(H,54,55)/t34-,35-,40+,41-/m1/s1. The number of aromatic nitrogens is 2. The number of hydrogen-bond acceptors (Lipinski definition) is 8. The van der Waals surface area contributed by atoms with Crippen LogP contribution in [-0.4, -0.2) is 63.1 Å². The number of rotatable bonds is 9. The second-order valence-corrected chi connectivity index (χ2v) is 14.1. The fraction of sp³-hybridized carbons (Fsp3) is 0.267. The molecule has 2 bridgehead atoms. The van der Waals surface area contributed by atoms with Crippen LogP contribution in [0.1, 0.15) is 41.6 Å². The Morgan fingerprint density at radius 3 is 2.05 bits per heavy atom. The number of amides is 2. The first-order valence-electron chi connectivity index (χ1n) is 18.7. The van der Waals surface area contributed by atoms with Crippen molar-refractivity contribution in [2.45, 2.75) is 57.0 Å². The van der Waals surface area contributed by atoms with E-state index in [2.05, 4.69) is 20.6 Å². The highest BCUT2D eigenvalue weighted by Crippen LogP contribution is 2.22. The minimum absolute atomic E-state index is 0.0682. The third-order valence-electron chi connectivity index (χ3n) is 9.89. The topological polar surface area (TPSA) is 165 Å². The number of carboxylic acid groups (broad SMARTS) is 1. The Kier molecular flexibility index (Phi) is 13.4. The highest BCUT2D eigenvalue weighted by atomic mass is 16.5. The van der Waals surface area contributed by atoms with Crippen molar-refractivity contribution in [1.82, 2.24) is 20.6 Å². The van der Waals surface area contributed by atoms with Gasteiger partial charge in [-0.2, -0.15) is 0 Å². The van der Waals surface area contributed by atoms with Gasteiger partial charge in [-0.25, -0.2) is 0 Å². The number of fused-ring (bicyclic) bond motifs is 16. The van der Waals surface area contributed by atoms with E-state index in [0.29, 0.717) is 23.4 Å². The van der Waals surface area contributed by atoms with Gasteiger partial charge in [0.2, 0.25) is 11.8 Å². The average molecular weight is 753 g/mol. The summed E-state index contributed by atoms with van der Waals surface area (Å²) in [4.78, 5) is 77.2. The number of nitrogens with one attached hydrogen (secondary N) is 2. The largest absolute Gasteiger partial charge is 0.486 e. The minimum atomic E-state index is -1.15. The lowest BCUT2D eigenvalue weighted by Gasteiger charge is -2.26. The number of carbonyl (C=O) groups excluding carboxylic acids is 4. The lowest BCUT2D eigenvalue weighted by atomic mass is 9.90. The molecule has 2 amide bonds. The molecule has 0 radical (unpaired) electrons. The van der Waals surface area contributed by atoms with Crippen LogP contribution in [0.3, 0.4) is 0 Å². The Morgan fingerprint density at radius 2 is 1.38 bits per heavy atom. The van der Waals surface area contributed by atoms with Gasteiger partial charge in [-0.1, -0.05) is 78.9 Å². The molecule has 11 nitrogen and oxygen atoms in total. The predicted molar refractivity (Wildman–Crippen MR) is 209 cm³/mol. The average Bonchev–Trinajstić information content (AvgIpc) is 3.22. The highest BCUT2D eigenvalue weighted by molar-refractivity contribution is 5.95. The molecule has 4 atom stereocenters. The van der Waals surface area contributed by atoms with Gasteiger partial charge in [0, 0.05) is 49.3 Å². The summed E-state index contributed by atoms with van der Waals surface area (Å²) in [6.07, 6.45) is 3.74. The van der Waals surface area contributed by atoms with Gasteiger partial charge >= 0.3 is 5.97 Å². The number of carbonyl (C=O) groups is 5. The van der Waals surface area contributed by atoms with E-state index >= 15 is 0 Å². The van der Waals surface area contributed by atoms with Crippen molar-refractivity contribution in [2.75, 3.05) is 6.61 Å². The van der Waals surface area contributed by atoms with Gasteiger partial charge < -0.3 is 20.5 Å². The van der Waals surface area contributed by atoms with Crippen LogP contribution in [0.2, 0.25) is 0 Å². The summed E-state index contributed by atoms with van der Waals surface area (Å²) in [5, 5.41) is 16.0. The predicted octanol–water partition coefficient (Wildman–Crippen LogP) is 5.40. The quantitative estimate of drug-likeness (QED) is 0.179. The van der Waals surface area contributed by atoms with Crippen molar-refractivity contribution in [3.63, 3.8) is 0 Å². The number of carboxylic acids is 1. The van der Waals surface area contributed by atoms with Crippen LogP contribution in [0.15, 0.2) is 128 Å². The molecule has 0 saturated carbocycles. The van der Waals surface area contributed by atoms with Crippen LogP contribution in [0.5, 0.6) is 5.75 Å². The second kappa shape index (κ2) is 19.2. The monoisotopic (exact) mass is 752 g/mol. The fourth-order valence-electron chi connectivity index (χ4n) is 6.79. The summed E-state index contributed by atoms with van der Waals surface area (Å²) < 4.78 is 5.76. The van der Waals surface area contributed by atoms with E-state index in [-0.39, 0.29) is 50.9 Å². The van der Waals surface area contributed by atoms with E-state index in [0.717, 1.165) is 22.4 Å². The molecule has 3 N–H and O–H groups in total. The van der Waals surface area contributed by atoms with Crippen molar-refractivity contribution < 1.29 is 33.8 Å². The van der Waals surface area contributed by atoms with E-state index < -0.39 is 47.5 Å². The van der Waals surface area contributed by atoms with Crippen LogP contribution < -0.4 is 15.4 Å². The Morgan fingerprint density at radius 1 is 0.679 bits per heavy atom. The van der Waals surface area contributed by atoms with Crippen molar-refractivity contribution >= 4 is 29.4 Å². The van der Waals surface area contributed by atoms with Gasteiger partial charge in [0.15, 0.2) is 11.6 Å². The summed E-state index contributed by atoms with van der Waals surface area (Å²) in [5.74, 6) is -4.58. The van der Waals surface area contributed by atoms with Gasteiger partial charge in [-0.15, -0.1) is 0 Å². The number of benzene rings is 3. The van der Waals surface area contributed by atoms with Gasteiger partial charge in [0.1, 0.15) is 18.4 Å². The lowest BCUT2D eigenvalue weighted by Crippen LogP contribution is -2.54. The van der Waals surface area contributed by atoms with Crippen LogP contribution in [0.25, 0.3) is 11.3 Å². The molecule has 0 spiro atoms. The number of aliphatic carboxylic acids is 1. The molecule has 0 saturated heterocycles. The zero-order valence-corrected chi connectivity index (χ0v) is 30.9. The maximum Gasteiger partial charge on any atom is 0.307 e. The number of hydrogen-bond donors (Lipinski definition) is 3. The smallest absolute Gasteiger partial charge is 0.307 e. The maximum absolute atomic E-state index is 14.4. The zero-order chi connectivity index (χ0) is 39.3. The number of Topliss-reactive ketones (excluding diaryl/α,β-unsaturated/α-hetero) is 2. The molecule has 56 heavy (non-hydrogen) atoms. The van der Waals surface area contributed by atoms with Crippen LogP contribution in [0, 0.1) is 11.8 Å². The highest BCUT2D eigenvalue weighted by Gasteiger charge is 2.32. The van der Waals surface area contributed by atoms with Crippen LogP contribution in [-0.2, 0) is 49.7 Å². The lowest BCUT2D eigenvalue weighted by molar-refractivity contribution is -0.144. The van der Waals surface area contributed by atoms with Crippen molar-refractivity contribution in [3.05, 3.63) is 150 Å². The summed E-state index contributed by atoms with van der Waals surface area (Å²) in [5.41, 5.74) is 4.60. The third kappa shape index (κ3) is 11.3. The van der Waals surface area contributed by atoms with Gasteiger partial charge in [-0.05, 0) is 72.4 Å². The normalized spacial score (nSPS) is 19.8. The molecule has 2 aliphatic rings. The Bertz CT molecular complexity index is 2090. The fourth-order valence-corrected chi connectivity index (χ4v) is 6.79. The third-order valence-corrected chi connectivity index (χ3v) is 9.89. The minimum Gasteiger partial charge on any atom is -0.486 e. The molecular weight excluding hydrogens is 709 g/mol. The Balaban J connectivity index is 1.33. The SMILES string of the molecule is O=C1COc2ccc(cc2)C[C@@H](C(=O)O)CC(=O)[C@H](CCc2ccccc2)NC(=O)[C@@H](Cc2ccc(-c3ccccn3)cc2)NC(=O)[C@H](Cc2ccccn2)C1. The van der Waals surface area contributed by atoms with E-state index in [1.165, 1.54) is 0 Å². The molecule has 2 aliphatic heterocycles.